The van der Waals surface area contributed by atoms with Crippen LogP contribution in [0.15, 0.2) is 53.5 Å². The van der Waals surface area contributed by atoms with Gasteiger partial charge in [-0.2, -0.15) is 0 Å². The smallest absolute Gasteiger partial charge is 0.191 e. The lowest BCUT2D eigenvalue weighted by atomic mass is 10.1. The van der Waals surface area contributed by atoms with Crippen molar-refractivity contribution in [2.24, 2.45) is 4.99 Å². The van der Waals surface area contributed by atoms with E-state index in [0.717, 1.165) is 37.9 Å². The molecule has 1 aliphatic rings. The van der Waals surface area contributed by atoms with Crippen LogP contribution in [0.3, 0.4) is 0 Å². The summed E-state index contributed by atoms with van der Waals surface area (Å²) in [6.45, 7) is 3.82. The highest BCUT2D eigenvalue weighted by atomic mass is 16.5. The van der Waals surface area contributed by atoms with Crippen molar-refractivity contribution in [1.82, 2.24) is 15.5 Å². The quantitative estimate of drug-likeness (QED) is 0.518. The summed E-state index contributed by atoms with van der Waals surface area (Å²) in [5, 5.41) is 6.99. The maximum Gasteiger partial charge on any atom is 0.191 e. The lowest BCUT2D eigenvalue weighted by Gasteiger charge is -2.29. The molecule has 0 aromatic heterocycles. The van der Waals surface area contributed by atoms with Gasteiger partial charge in [0.1, 0.15) is 5.75 Å². The second-order valence-corrected chi connectivity index (χ2v) is 7.90. The van der Waals surface area contributed by atoms with Gasteiger partial charge in [0, 0.05) is 39.9 Å². The summed E-state index contributed by atoms with van der Waals surface area (Å²) >= 11 is 0. The topological polar surface area (TPSA) is 52.1 Å². The largest absolute Gasteiger partial charge is 0.497 e. The molecule has 2 N–H and O–H groups in total. The Kier molecular flexibility index (Phi) is 7.97. The normalized spacial score (nSPS) is 15.7. The van der Waals surface area contributed by atoms with Gasteiger partial charge in [-0.05, 0) is 61.3 Å². The third-order valence-corrected chi connectivity index (χ3v) is 5.66. The molecule has 162 valence electrons. The van der Waals surface area contributed by atoms with Crippen molar-refractivity contribution in [2.45, 2.75) is 25.4 Å². The Hall–Kier alpha value is -2.73. The van der Waals surface area contributed by atoms with E-state index in [2.05, 4.69) is 75.9 Å². The van der Waals surface area contributed by atoms with E-state index in [9.17, 15) is 0 Å². The van der Waals surface area contributed by atoms with Crippen LogP contribution >= 0.6 is 0 Å². The molecule has 6 heteroatoms. The van der Waals surface area contributed by atoms with Crippen LogP contribution in [0, 0.1) is 0 Å². The second-order valence-electron chi connectivity index (χ2n) is 7.90. The molecule has 0 amide bonds. The van der Waals surface area contributed by atoms with E-state index in [4.69, 9.17) is 4.74 Å². The van der Waals surface area contributed by atoms with Crippen molar-refractivity contribution in [3.8, 4) is 5.75 Å². The van der Waals surface area contributed by atoms with Gasteiger partial charge < -0.3 is 20.3 Å². The lowest BCUT2D eigenvalue weighted by Crippen LogP contribution is -2.42. The van der Waals surface area contributed by atoms with Crippen LogP contribution in [0.2, 0.25) is 0 Å². The molecule has 0 bridgehead atoms. The standard InChI is InChI=1S/C24H35N5O/c1-25-24(26-17-19-8-7-9-21(16-19)28(2)3)27-18-23(29-14-5-6-15-29)20-10-12-22(30-4)13-11-20/h7-13,16,23H,5-6,14-15,17-18H2,1-4H3,(H2,25,26,27). The third kappa shape index (κ3) is 5.89. The Balaban J connectivity index is 1.62. The number of hydrogen-bond donors (Lipinski definition) is 2. The number of likely N-dealkylation sites (tertiary alicyclic amines) is 1. The van der Waals surface area contributed by atoms with Gasteiger partial charge in [0.05, 0.1) is 13.2 Å². The zero-order chi connectivity index (χ0) is 21.3. The Morgan fingerprint density at radius 2 is 1.83 bits per heavy atom. The number of benzene rings is 2. The molecule has 2 aromatic rings. The van der Waals surface area contributed by atoms with Crippen LogP contribution in [0.25, 0.3) is 0 Å². The van der Waals surface area contributed by atoms with Crippen molar-refractivity contribution in [3.05, 3.63) is 59.7 Å². The molecule has 2 aromatic carbocycles. The molecule has 1 fully saturated rings. The number of ether oxygens (including phenoxy) is 1. The molecular formula is C24H35N5O. The Morgan fingerprint density at radius 1 is 1.10 bits per heavy atom. The van der Waals surface area contributed by atoms with Crippen LogP contribution in [0.5, 0.6) is 5.75 Å². The number of anilines is 1. The zero-order valence-corrected chi connectivity index (χ0v) is 18.7. The van der Waals surface area contributed by atoms with E-state index in [1.54, 1.807) is 7.11 Å². The average Bonchev–Trinajstić information content (AvgIpc) is 3.31. The van der Waals surface area contributed by atoms with E-state index >= 15 is 0 Å². The first-order valence-corrected chi connectivity index (χ1v) is 10.7. The molecule has 0 spiro atoms. The molecular weight excluding hydrogens is 374 g/mol. The number of nitrogens with zero attached hydrogens (tertiary/aromatic N) is 3. The lowest BCUT2D eigenvalue weighted by molar-refractivity contribution is 0.245. The van der Waals surface area contributed by atoms with Crippen molar-refractivity contribution < 1.29 is 4.74 Å². The van der Waals surface area contributed by atoms with Crippen molar-refractivity contribution in [2.75, 3.05) is 52.8 Å². The zero-order valence-electron chi connectivity index (χ0n) is 18.7. The molecule has 1 atom stereocenters. The molecule has 1 heterocycles. The van der Waals surface area contributed by atoms with Crippen LogP contribution in [0.4, 0.5) is 5.69 Å². The first-order valence-electron chi connectivity index (χ1n) is 10.7. The summed E-state index contributed by atoms with van der Waals surface area (Å²) < 4.78 is 5.33. The summed E-state index contributed by atoms with van der Waals surface area (Å²) in [5.74, 6) is 1.72. The number of nitrogens with one attached hydrogen (secondary N) is 2. The summed E-state index contributed by atoms with van der Waals surface area (Å²) in [7, 11) is 7.65. The number of rotatable bonds is 8. The summed E-state index contributed by atoms with van der Waals surface area (Å²) in [6.07, 6.45) is 2.53. The van der Waals surface area contributed by atoms with Gasteiger partial charge in [-0.3, -0.25) is 9.89 Å². The van der Waals surface area contributed by atoms with Crippen LogP contribution in [0.1, 0.15) is 30.0 Å². The second kappa shape index (κ2) is 10.9. The van der Waals surface area contributed by atoms with E-state index < -0.39 is 0 Å². The number of methoxy groups -OCH3 is 1. The Bertz CT molecular complexity index is 813. The van der Waals surface area contributed by atoms with E-state index in [1.807, 2.05) is 19.2 Å². The first-order chi connectivity index (χ1) is 14.6. The van der Waals surface area contributed by atoms with Crippen molar-refractivity contribution in [3.63, 3.8) is 0 Å². The van der Waals surface area contributed by atoms with Crippen molar-refractivity contribution >= 4 is 11.6 Å². The summed E-state index contributed by atoms with van der Waals surface area (Å²) in [5.41, 5.74) is 3.74. The summed E-state index contributed by atoms with van der Waals surface area (Å²) in [4.78, 5) is 9.10. The van der Waals surface area contributed by atoms with Gasteiger partial charge in [-0.1, -0.05) is 24.3 Å². The van der Waals surface area contributed by atoms with Crippen LogP contribution in [-0.2, 0) is 6.54 Å². The number of aliphatic imine (C=N–C) groups is 1. The van der Waals surface area contributed by atoms with Gasteiger partial charge in [0.25, 0.3) is 0 Å². The van der Waals surface area contributed by atoms with Crippen LogP contribution in [-0.4, -0.2) is 58.7 Å². The molecule has 1 saturated heterocycles. The Labute approximate surface area is 180 Å². The van der Waals surface area contributed by atoms with Gasteiger partial charge in [-0.25, -0.2) is 0 Å². The van der Waals surface area contributed by atoms with Gasteiger partial charge >= 0.3 is 0 Å². The first kappa shape index (κ1) is 22.0. The third-order valence-electron chi connectivity index (χ3n) is 5.66. The van der Waals surface area contributed by atoms with Gasteiger partial charge in [0.15, 0.2) is 5.96 Å². The SMILES string of the molecule is CN=C(NCc1cccc(N(C)C)c1)NCC(c1ccc(OC)cc1)N1CCCC1. The van der Waals surface area contributed by atoms with Crippen LogP contribution < -0.4 is 20.3 Å². The molecule has 6 nitrogen and oxygen atoms in total. The molecule has 0 radical (unpaired) electrons. The molecule has 1 aliphatic heterocycles. The maximum atomic E-state index is 5.33. The van der Waals surface area contributed by atoms with Gasteiger partial charge in [-0.15, -0.1) is 0 Å². The predicted octanol–water partition coefficient (Wildman–Crippen LogP) is 3.26. The predicted molar refractivity (Wildman–Crippen MR) is 126 cm³/mol. The van der Waals surface area contributed by atoms with E-state index in [1.165, 1.54) is 29.7 Å². The van der Waals surface area contributed by atoms with E-state index in [-0.39, 0.29) is 0 Å². The highest BCUT2D eigenvalue weighted by molar-refractivity contribution is 5.79. The minimum absolute atomic E-state index is 0.314. The molecule has 0 saturated carbocycles. The fourth-order valence-corrected chi connectivity index (χ4v) is 3.88. The van der Waals surface area contributed by atoms with E-state index in [0.29, 0.717) is 6.04 Å². The molecule has 0 aliphatic carbocycles. The minimum atomic E-state index is 0.314. The summed E-state index contributed by atoms with van der Waals surface area (Å²) in [6, 6.07) is 17.3. The molecule has 3 rings (SSSR count). The fourth-order valence-electron chi connectivity index (χ4n) is 3.88. The number of hydrogen-bond acceptors (Lipinski definition) is 4. The molecule has 30 heavy (non-hydrogen) atoms. The highest BCUT2D eigenvalue weighted by Gasteiger charge is 2.23. The molecule has 1 unspecified atom stereocenters. The monoisotopic (exact) mass is 409 g/mol. The highest BCUT2D eigenvalue weighted by Crippen LogP contribution is 2.26. The number of guanidine groups is 1. The fraction of sp³-hybridized carbons (Fsp3) is 0.458. The minimum Gasteiger partial charge on any atom is -0.497 e. The van der Waals surface area contributed by atoms with Gasteiger partial charge in [0.2, 0.25) is 0 Å². The van der Waals surface area contributed by atoms with Crippen molar-refractivity contribution in [1.29, 1.82) is 0 Å². The maximum absolute atomic E-state index is 5.33. The Morgan fingerprint density at radius 3 is 2.47 bits per heavy atom. The average molecular weight is 410 g/mol.